The fraction of sp³-hybridized carbons (Fsp3) is 0.167. The van der Waals surface area contributed by atoms with Crippen molar-refractivity contribution < 1.29 is 4.52 Å². The third-order valence-electron chi connectivity index (χ3n) is 2.04. The van der Waals surface area contributed by atoms with Crippen LogP contribution in [0, 0.1) is 0 Å². The molecule has 1 aromatic heterocycles. The molecule has 0 aliphatic heterocycles. The van der Waals surface area contributed by atoms with E-state index < -0.39 is 0 Å². The summed E-state index contributed by atoms with van der Waals surface area (Å²) in [5.41, 5.74) is 7.32. The summed E-state index contributed by atoms with van der Waals surface area (Å²) in [4.78, 5) is 4.21. The van der Waals surface area contributed by atoms with Gasteiger partial charge in [-0.05, 0) is 12.5 Å². The van der Waals surface area contributed by atoms with E-state index in [1.165, 1.54) is 0 Å². The fourth-order valence-corrected chi connectivity index (χ4v) is 1.37. The van der Waals surface area contributed by atoms with Crippen molar-refractivity contribution in [2.24, 2.45) is 5.73 Å². The van der Waals surface area contributed by atoms with Crippen LogP contribution >= 0.6 is 0 Å². The minimum atomic E-state index is 0.450. The van der Waals surface area contributed by atoms with E-state index in [1.54, 1.807) is 13.0 Å². The topological polar surface area (TPSA) is 64.9 Å². The molecule has 2 aromatic rings. The van der Waals surface area contributed by atoms with E-state index in [9.17, 15) is 0 Å². The third-order valence-corrected chi connectivity index (χ3v) is 2.04. The summed E-state index contributed by atoms with van der Waals surface area (Å²) in [6, 6.07) is 10.0. The Morgan fingerprint density at radius 1 is 1.38 bits per heavy atom. The average molecular weight is 215 g/mol. The molecule has 0 radical (unpaired) electrons. The molecule has 0 unspecified atom stereocenters. The summed E-state index contributed by atoms with van der Waals surface area (Å²) < 4.78 is 5.03. The van der Waals surface area contributed by atoms with E-state index in [0.717, 1.165) is 5.56 Å². The molecule has 4 heteroatoms. The zero-order valence-corrected chi connectivity index (χ0v) is 9.05. The van der Waals surface area contributed by atoms with Crippen molar-refractivity contribution in [3.63, 3.8) is 0 Å². The zero-order chi connectivity index (χ0) is 11.4. The number of nitrogens with two attached hydrogens (primary N) is 1. The lowest BCUT2D eigenvalue weighted by Crippen LogP contribution is -1.91. The first-order valence-electron chi connectivity index (χ1n) is 5.04. The Bertz CT molecular complexity index is 484. The highest BCUT2D eigenvalue weighted by Crippen LogP contribution is 2.07. The minimum Gasteiger partial charge on any atom is -0.402 e. The molecule has 0 amide bonds. The van der Waals surface area contributed by atoms with E-state index in [1.807, 2.05) is 30.3 Å². The van der Waals surface area contributed by atoms with Crippen molar-refractivity contribution in [3.8, 4) is 0 Å². The first-order chi connectivity index (χ1) is 7.74. The normalized spacial score (nSPS) is 11.7. The zero-order valence-electron chi connectivity index (χ0n) is 9.05. The molecule has 16 heavy (non-hydrogen) atoms. The molecule has 0 aliphatic rings. The molecule has 1 aromatic carbocycles. The summed E-state index contributed by atoms with van der Waals surface area (Å²) in [7, 11) is 0. The number of allylic oxidation sites excluding steroid dienone is 1. The van der Waals surface area contributed by atoms with Crippen LogP contribution in [0.2, 0.25) is 0 Å². The van der Waals surface area contributed by atoms with Gasteiger partial charge in [-0.25, -0.2) is 0 Å². The number of hydrogen-bond acceptors (Lipinski definition) is 4. The molecule has 0 saturated carbocycles. The number of benzene rings is 1. The Morgan fingerprint density at radius 3 is 2.81 bits per heavy atom. The Kier molecular flexibility index (Phi) is 3.00. The van der Waals surface area contributed by atoms with Crippen LogP contribution in [-0.2, 0) is 6.42 Å². The van der Waals surface area contributed by atoms with Gasteiger partial charge < -0.3 is 10.3 Å². The van der Waals surface area contributed by atoms with Gasteiger partial charge in [0.05, 0.1) is 0 Å². The van der Waals surface area contributed by atoms with Crippen molar-refractivity contribution in [1.29, 1.82) is 0 Å². The van der Waals surface area contributed by atoms with Gasteiger partial charge in [0.15, 0.2) is 5.82 Å². The molecule has 0 fully saturated rings. The van der Waals surface area contributed by atoms with Crippen LogP contribution in [0.25, 0.3) is 6.08 Å². The van der Waals surface area contributed by atoms with E-state index in [2.05, 4.69) is 10.1 Å². The van der Waals surface area contributed by atoms with Crippen LogP contribution in [0.3, 0.4) is 0 Å². The van der Waals surface area contributed by atoms with Gasteiger partial charge in [-0.1, -0.05) is 35.5 Å². The van der Waals surface area contributed by atoms with Crippen molar-refractivity contribution in [2.45, 2.75) is 13.3 Å². The van der Waals surface area contributed by atoms with Crippen LogP contribution in [0.1, 0.15) is 24.2 Å². The molecule has 4 nitrogen and oxygen atoms in total. The predicted octanol–water partition coefficient (Wildman–Crippen LogP) is 1.98. The van der Waals surface area contributed by atoms with E-state index in [-0.39, 0.29) is 0 Å². The van der Waals surface area contributed by atoms with Crippen LogP contribution in [0.4, 0.5) is 0 Å². The van der Waals surface area contributed by atoms with Gasteiger partial charge in [0, 0.05) is 18.2 Å². The van der Waals surface area contributed by atoms with Gasteiger partial charge in [-0.2, -0.15) is 4.98 Å². The van der Waals surface area contributed by atoms with Crippen LogP contribution < -0.4 is 5.73 Å². The number of aromatic nitrogens is 2. The highest BCUT2D eigenvalue weighted by molar-refractivity contribution is 5.40. The second-order valence-corrected chi connectivity index (χ2v) is 3.60. The molecule has 0 saturated heterocycles. The molecule has 0 spiro atoms. The lowest BCUT2D eigenvalue weighted by Gasteiger charge is -1.93. The van der Waals surface area contributed by atoms with Gasteiger partial charge in [-0.15, -0.1) is 0 Å². The Labute approximate surface area is 93.8 Å². The monoisotopic (exact) mass is 215 g/mol. The van der Waals surface area contributed by atoms with Gasteiger partial charge >= 0.3 is 0 Å². The minimum absolute atomic E-state index is 0.450. The third kappa shape index (κ3) is 2.70. The average Bonchev–Trinajstić information content (AvgIpc) is 2.66. The van der Waals surface area contributed by atoms with Gasteiger partial charge in [0.1, 0.15) is 0 Å². The Hall–Kier alpha value is -2.10. The van der Waals surface area contributed by atoms with E-state index >= 15 is 0 Å². The smallest absolute Gasteiger partial charge is 0.252 e. The first kappa shape index (κ1) is 10.4. The quantitative estimate of drug-likeness (QED) is 0.850. The van der Waals surface area contributed by atoms with E-state index in [0.29, 0.717) is 23.8 Å². The first-order valence-corrected chi connectivity index (χ1v) is 5.04. The number of hydrogen-bond donors (Lipinski definition) is 1. The second-order valence-electron chi connectivity index (χ2n) is 3.60. The SMILES string of the molecule is C/C(N)=C\c1nc(Cc2ccccc2)no1. The highest BCUT2D eigenvalue weighted by atomic mass is 16.5. The molecule has 2 N–H and O–H groups in total. The summed E-state index contributed by atoms with van der Waals surface area (Å²) in [6.45, 7) is 1.78. The van der Waals surface area contributed by atoms with Gasteiger partial charge in [0.25, 0.3) is 5.89 Å². The molecule has 0 bridgehead atoms. The molecule has 2 rings (SSSR count). The van der Waals surface area contributed by atoms with Crippen LogP contribution in [0.15, 0.2) is 40.6 Å². The molecule has 82 valence electrons. The van der Waals surface area contributed by atoms with Crippen molar-refractivity contribution in [3.05, 3.63) is 53.3 Å². The molecule has 0 aliphatic carbocycles. The lowest BCUT2D eigenvalue weighted by atomic mass is 10.1. The second kappa shape index (κ2) is 4.61. The van der Waals surface area contributed by atoms with Crippen molar-refractivity contribution in [2.75, 3.05) is 0 Å². The summed E-state index contributed by atoms with van der Waals surface area (Å²) >= 11 is 0. The molecular weight excluding hydrogens is 202 g/mol. The van der Waals surface area contributed by atoms with Gasteiger partial charge in [0.2, 0.25) is 0 Å². The molecule has 0 atom stereocenters. The van der Waals surface area contributed by atoms with Gasteiger partial charge in [-0.3, -0.25) is 0 Å². The summed E-state index contributed by atoms with van der Waals surface area (Å²) in [5, 5.41) is 3.88. The largest absolute Gasteiger partial charge is 0.402 e. The maximum Gasteiger partial charge on any atom is 0.252 e. The van der Waals surface area contributed by atoms with Crippen molar-refractivity contribution >= 4 is 6.08 Å². The maximum atomic E-state index is 5.52. The van der Waals surface area contributed by atoms with Crippen molar-refractivity contribution in [1.82, 2.24) is 10.1 Å². The standard InChI is InChI=1S/C12H13N3O/c1-9(13)7-12-14-11(15-16-12)8-10-5-3-2-4-6-10/h2-7H,8,13H2,1H3/b9-7+. The number of nitrogens with zero attached hydrogens (tertiary/aromatic N) is 2. The summed E-state index contributed by atoms with van der Waals surface area (Å²) in [5.74, 6) is 1.12. The summed E-state index contributed by atoms with van der Waals surface area (Å²) in [6.07, 6.45) is 2.32. The molecular formula is C12H13N3O. The fourth-order valence-electron chi connectivity index (χ4n) is 1.37. The lowest BCUT2D eigenvalue weighted by molar-refractivity contribution is 0.404. The maximum absolute atomic E-state index is 5.52. The molecule has 1 heterocycles. The van der Waals surface area contributed by atoms with Crippen LogP contribution in [0.5, 0.6) is 0 Å². The highest BCUT2D eigenvalue weighted by Gasteiger charge is 2.04. The van der Waals surface area contributed by atoms with E-state index in [4.69, 9.17) is 10.3 Å². The predicted molar refractivity (Wildman–Crippen MR) is 61.4 cm³/mol. The Morgan fingerprint density at radius 2 is 2.12 bits per heavy atom. The van der Waals surface area contributed by atoms with Crippen LogP contribution in [-0.4, -0.2) is 10.1 Å². The number of rotatable bonds is 3. The Balaban J connectivity index is 2.12.